The Kier molecular flexibility index (Phi) is 7.11. The monoisotopic (exact) mass is 368 g/mol. The van der Waals surface area contributed by atoms with Gasteiger partial charge in [-0.3, -0.25) is 9.59 Å². The van der Waals surface area contributed by atoms with E-state index in [0.717, 1.165) is 5.56 Å². The van der Waals surface area contributed by atoms with Gasteiger partial charge >= 0.3 is 5.97 Å². The average molecular weight is 368 g/mol. The third-order valence-corrected chi connectivity index (χ3v) is 4.15. The van der Waals surface area contributed by atoms with E-state index in [9.17, 15) is 14.4 Å². The number of ether oxygens (including phenoxy) is 1. The van der Waals surface area contributed by atoms with Crippen LogP contribution in [-0.2, 0) is 14.3 Å². The zero-order chi connectivity index (χ0) is 19.8. The van der Waals surface area contributed by atoms with Gasteiger partial charge in [-0.1, -0.05) is 30.3 Å². The van der Waals surface area contributed by atoms with E-state index in [1.807, 2.05) is 37.3 Å². The lowest BCUT2D eigenvalue weighted by Crippen LogP contribution is -2.38. The smallest absolute Gasteiger partial charge is 0.338 e. The second-order valence-corrected chi connectivity index (χ2v) is 6.08. The topological polar surface area (TPSA) is 75.7 Å². The molecule has 0 saturated carbocycles. The van der Waals surface area contributed by atoms with Crippen LogP contribution in [0.1, 0.15) is 42.7 Å². The molecule has 1 N–H and O–H groups in total. The highest BCUT2D eigenvalue weighted by atomic mass is 16.5. The van der Waals surface area contributed by atoms with Gasteiger partial charge < -0.3 is 15.0 Å². The van der Waals surface area contributed by atoms with Gasteiger partial charge in [0.25, 0.3) is 0 Å². The fourth-order valence-corrected chi connectivity index (χ4v) is 2.69. The van der Waals surface area contributed by atoms with Gasteiger partial charge in [-0.15, -0.1) is 0 Å². The molecule has 0 saturated heterocycles. The van der Waals surface area contributed by atoms with Crippen molar-refractivity contribution >= 4 is 23.5 Å². The Hall–Kier alpha value is -3.15. The summed E-state index contributed by atoms with van der Waals surface area (Å²) >= 11 is 0. The minimum Gasteiger partial charge on any atom is -0.462 e. The Morgan fingerprint density at radius 2 is 1.67 bits per heavy atom. The summed E-state index contributed by atoms with van der Waals surface area (Å²) in [7, 11) is 0. The number of hydrogen-bond acceptors (Lipinski definition) is 4. The highest BCUT2D eigenvalue weighted by molar-refractivity contribution is 5.95. The van der Waals surface area contributed by atoms with Gasteiger partial charge in [-0.2, -0.15) is 0 Å². The van der Waals surface area contributed by atoms with E-state index in [4.69, 9.17) is 4.74 Å². The summed E-state index contributed by atoms with van der Waals surface area (Å²) in [6.07, 6.45) is 0. The number of benzene rings is 2. The first kappa shape index (κ1) is 20.2. The number of amides is 2. The number of hydrogen-bond donors (Lipinski definition) is 1. The van der Waals surface area contributed by atoms with Crippen molar-refractivity contribution in [2.45, 2.75) is 26.8 Å². The Morgan fingerprint density at radius 1 is 1.04 bits per heavy atom. The largest absolute Gasteiger partial charge is 0.462 e. The Bertz CT molecular complexity index is 788. The van der Waals surface area contributed by atoms with E-state index in [1.165, 1.54) is 11.8 Å². The summed E-state index contributed by atoms with van der Waals surface area (Å²) in [6.45, 7) is 5.31. The Morgan fingerprint density at radius 3 is 2.22 bits per heavy atom. The molecule has 0 aliphatic carbocycles. The lowest BCUT2D eigenvalue weighted by atomic mass is 10.1. The van der Waals surface area contributed by atoms with Gasteiger partial charge in [-0.25, -0.2) is 4.79 Å². The SMILES string of the molecule is CCOC(=O)c1ccc(NC(=O)CN(C(C)=O)C(C)c2ccccc2)cc1. The highest BCUT2D eigenvalue weighted by Gasteiger charge is 2.21. The first-order valence-corrected chi connectivity index (χ1v) is 8.81. The van der Waals surface area contributed by atoms with Crippen molar-refractivity contribution in [1.29, 1.82) is 0 Å². The third kappa shape index (κ3) is 5.67. The van der Waals surface area contributed by atoms with Crippen LogP contribution in [0.2, 0.25) is 0 Å². The standard InChI is InChI=1S/C21H24N2O4/c1-4-27-21(26)18-10-12-19(13-11-18)22-20(25)14-23(16(3)24)15(2)17-8-6-5-7-9-17/h5-13,15H,4,14H2,1-3H3,(H,22,25). The van der Waals surface area contributed by atoms with Crippen LogP contribution in [0, 0.1) is 0 Å². The molecule has 0 spiro atoms. The first-order valence-electron chi connectivity index (χ1n) is 8.81. The van der Waals surface area contributed by atoms with Crippen LogP contribution in [0.3, 0.4) is 0 Å². The lowest BCUT2D eigenvalue weighted by molar-refractivity contribution is -0.134. The summed E-state index contributed by atoms with van der Waals surface area (Å²) in [5.74, 6) is -0.897. The molecule has 0 aromatic heterocycles. The van der Waals surface area contributed by atoms with Crippen molar-refractivity contribution in [1.82, 2.24) is 4.90 Å². The number of anilines is 1. The van der Waals surface area contributed by atoms with Crippen LogP contribution in [0.5, 0.6) is 0 Å². The fraction of sp³-hybridized carbons (Fsp3) is 0.286. The van der Waals surface area contributed by atoms with E-state index in [-0.39, 0.29) is 24.4 Å². The number of nitrogens with one attached hydrogen (secondary N) is 1. The molecule has 2 rings (SSSR count). The Labute approximate surface area is 159 Å². The molecule has 0 heterocycles. The number of esters is 1. The summed E-state index contributed by atoms with van der Waals surface area (Å²) in [4.78, 5) is 37.6. The summed E-state index contributed by atoms with van der Waals surface area (Å²) < 4.78 is 4.93. The Balaban J connectivity index is 2.02. The molecule has 142 valence electrons. The van der Waals surface area contributed by atoms with Crippen LogP contribution in [-0.4, -0.2) is 35.8 Å². The second-order valence-electron chi connectivity index (χ2n) is 6.08. The van der Waals surface area contributed by atoms with E-state index in [2.05, 4.69) is 5.32 Å². The maximum Gasteiger partial charge on any atom is 0.338 e. The minimum atomic E-state index is -0.408. The van der Waals surface area contributed by atoms with Crippen LogP contribution in [0.4, 0.5) is 5.69 Å². The van der Waals surface area contributed by atoms with Gasteiger partial charge in [0.1, 0.15) is 6.54 Å². The van der Waals surface area contributed by atoms with Crippen molar-refractivity contribution in [3.63, 3.8) is 0 Å². The summed E-state index contributed by atoms with van der Waals surface area (Å²) in [6, 6.07) is 15.8. The van der Waals surface area contributed by atoms with Gasteiger partial charge in [-0.05, 0) is 43.7 Å². The molecule has 1 unspecified atom stereocenters. The molecule has 1 atom stereocenters. The van der Waals surface area contributed by atoms with Crippen LogP contribution >= 0.6 is 0 Å². The zero-order valence-electron chi connectivity index (χ0n) is 15.8. The molecule has 0 fully saturated rings. The predicted octanol–water partition coefficient (Wildman–Crippen LogP) is 3.41. The zero-order valence-corrected chi connectivity index (χ0v) is 15.8. The maximum absolute atomic E-state index is 12.4. The van der Waals surface area contributed by atoms with Gasteiger partial charge in [0, 0.05) is 12.6 Å². The lowest BCUT2D eigenvalue weighted by Gasteiger charge is -2.28. The molecule has 0 radical (unpaired) electrons. The quantitative estimate of drug-likeness (QED) is 0.760. The van der Waals surface area contributed by atoms with E-state index >= 15 is 0 Å². The third-order valence-electron chi connectivity index (χ3n) is 4.15. The maximum atomic E-state index is 12.4. The number of nitrogens with zero attached hydrogens (tertiary/aromatic N) is 1. The van der Waals surface area contributed by atoms with Gasteiger partial charge in [0.2, 0.25) is 11.8 Å². The van der Waals surface area contributed by atoms with Crippen molar-refractivity contribution in [3.05, 3.63) is 65.7 Å². The first-order chi connectivity index (χ1) is 12.9. The molecule has 6 nitrogen and oxygen atoms in total. The van der Waals surface area contributed by atoms with Gasteiger partial charge in [0.15, 0.2) is 0 Å². The minimum absolute atomic E-state index is 0.0645. The van der Waals surface area contributed by atoms with Crippen LogP contribution in [0.15, 0.2) is 54.6 Å². The molecule has 0 aliphatic rings. The van der Waals surface area contributed by atoms with Crippen molar-refractivity contribution in [2.24, 2.45) is 0 Å². The molecule has 2 aromatic carbocycles. The van der Waals surface area contributed by atoms with E-state index < -0.39 is 5.97 Å². The van der Waals surface area contributed by atoms with E-state index in [1.54, 1.807) is 31.2 Å². The second kappa shape index (κ2) is 9.52. The van der Waals surface area contributed by atoms with Crippen molar-refractivity contribution < 1.29 is 19.1 Å². The van der Waals surface area contributed by atoms with Crippen molar-refractivity contribution in [2.75, 3.05) is 18.5 Å². The molecule has 27 heavy (non-hydrogen) atoms. The molecular formula is C21H24N2O4. The summed E-state index contributed by atoms with van der Waals surface area (Å²) in [5.41, 5.74) is 1.92. The molecule has 0 bridgehead atoms. The number of carbonyl (C=O) groups is 3. The normalized spacial score (nSPS) is 11.4. The van der Waals surface area contributed by atoms with Crippen molar-refractivity contribution in [3.8, 4) is 0 Å². The molecule has 6 heteroatoms. The molecule has 0 aliphatic heterocycles. The predicted molar refractivity (Wildman–Crippen MR) is 103 cm³/mol. The van der Waals surface area contributed by atoms with E-state index in [0.29, 0.717) is 17.9 Å². The summed E-state index contributed by atoms with van der Waals surface area (Å²) in [5, 5.41) is 2.75. The molecule has 2 aromatic rings. The van der Waals surface area contributed by atoms with Crippen LogP contribution < -0.4 is 5.32 Å². The van der Waals surface area contributed by atoms with Crippen LogP contribution in [0.25, 0.3) is 0 Å². The number of rotatable bonds is 7. The molecular weight excluding hydrogens is 344 g/mol. The highest BCUT2D eigenvalue weighted by Crippen LogP contribution is 2.20. The number of carbonyl (C=O) groups excluding carboxylic acids is 3. The molecule has 2 amide bonds. The average Bonchev–Trinajstić information content (AvgIpc) is 2.67. The fourth-order valence-electron chi connectivity index (χ4n) is 2.69. The van der Waals surface area contributed by atoms with Gasteiger partial charge in [0.05, 0.1) is 18.2 Å².